The highest BCUT2D eigenvalue weighted by Crippen LogP contribution is 2.38. The molecule has 1 aliphatic heterocycles. The van der Waals surface area contributed by atoms with Crippen molar-refractivity contribution in [3.05, 3.63) is 52.8 Å². The molecule has 1 aromatic heterocycles. The molecule has 110 valence electrons. The van der Waals surface area contributed by atoms with Gasteiger partial charge in [-0.15, -0.1) is 0 Å². The molecule has 2 heterocycles. The molecule has 0 atom stereocenters. The molecule has 5 heteroatoms. The monoisotopic (exact) mass is 312 g/mol. The molecule has 0 saturated heterocycles. The van der Waals surface area contributed by atoms with Gasteiger partial charge < -0.3 is 9.47 Å². The summed E-state index contributed by atoms with van der Waals surface area (Å²) in [6.07, 6.45) is 4.21. The van der Waals surface area contributed by atoms with Crippen LogP contribution in [0.1, 0.15) is 17.7 Å². The van der Waals surface area contributed by atoms with Gasteiger partial charge in [-0.1, -0.05) is 17.7 Å². The Labute approximate surface area is 133 Å². The van der Waals surface area contributed by atoms with Crippen molar-refractivity contribution in [1.82, 2.24) is 4.98 Å². The summed E-state index contributed by atoms with van der Waals surface area (Å²) in [5.41, 5.74) is 1.86. The smallest absolute Gasteiger partial charge is 0.179 e. The molecular formula is C17H13ClN2O2. The van der Waals surface area contributed by atoms with E-state index >= 15 is 0 Å². The highest BCUT2D eigenvalue weighted by molar-refractivity contribution is 6.32. The fraction of sp³-hybridized carbons (Fsp3) is 0.176. The summed E-state index contributed by atoms with van der Waals surface area (Å²) in [6.45, 7) is 1.17. The third-order valence-corrected chi connectivity index (χ3v) is 3.48. The van der Waals surface area contributed by atoms with Gasteiger partial charge in [-0.3, -0.25) is 4.98 Å². The fourth-order valence-corrected chi connectivity index (χ4v) is 2.46. The van der Waals surface area contributed by atoms with Crippen molar-refractivity contribution in [3.8, 4) is 17.6 Å². The van der Waals surface area contributed by atoms with Crippen molar-refractivity contribution in [2.45, 2.75) is 6.42 Å². The number of aromatic nitrogens is 1. The van der Waals surface area contributed by atoms with Crippen molar-refractivity contribution >= 4 is 23.3 Å². The third-order valence-electron chi connectivity index (χ3n) is 3.20. The van der Waals surface area contributed by atoms with Crippen molar-refractivity contribution in [3.63, 3.8) is 0 Å². The Morgan fingerprint density at radius 2 is 2.14 bits per heavy atom. The Morgan fingerprint density at radius 3 is 2.91 bits per heavy atom. The number of allylic oxidation sites excluding steroid dienone is 1. The standard InChI is InChI=1S/C17H13ClN2O2/c18-14-9-12(10-16-17(14)22-7-3-6-21-16)8-13(11-19)15-4-1-2-5-20-15/h1-2,4-5,8-10H,3,6-7H2. The van der Waals surface area contributed by atoms with Crippen LogP contribution in [0.4, 0.5) is 0 Å². The van der Waals surface area contributed by atoms with Crippen LogP contribution in [0.15, 0.2) is 36.5 Å². The van der Waals surface area contributed by atoms with Gasteiger partial charge in [0.15, 0.2) is 11.5 Å². The Balaban J connectivity index is 2.02. The maximum absolute atomic E-state index is 9.35. The Kier molecular flexibility index (Phi) is 4.27. The molecule has 0 spiro atoms. The number of benzene rings is 1. The number of fused-ring (bicyclic) bond motifs is 1. The van der Waals surface area contributed by atoms with Crippen LogP contribution >= 0.6 is 11.6 Å². The van der Waals surface area contributed by atoms with Gasteiger partial charge in [-0.05, 0) is 35.9 Å². The number of rotatable bonds is 2. The molecule has 0 saturated carbocycles. The van der Waals surface area contributed by atoms with Gasteiger partial charge in [0.1, 0.15) is 6.07 Å². The Bertz CT molecular complexity index is 751. The molecule has 0 amide bonds. The summed E-state index contributed by atoms with van der Waals surface area (Å²) in [5, 5.41) is 9.82. The van der Waals surface area contributed by atoms with E-state index < -0.39 is 0 Å². The van der Waals surface area contributed by atoms with Crippen LogP contribution in [-0.2, 0) is 0 Å². The molecule has 1 aliphatic rings. The number of nitriles is 1. The quantitative estimate of drug-likeness (QED) is 0.788. The summed E-state index contributed by atoms with van der Waals surface area (Å²) in [7, 11) is 0. The zero-order chi connectivity index (χ0) is 15.4. The third kappa shape index (κ3) is 3.05. The van der Waals surface area contributed by atoms with Crippen molar-refractivity contribution in [1.29, 1.82) is 5.26 Å². The van der Waals surface area contributed by atoms with Gasteiger partial charge in [0.2, 0.25) is 0 Å². The van der Waals surface area contributed by atoms with Gasteiger partial charge in [-0.25, -0.2) is 0 Å². The number of hydrogen-bond acceptors (Lipinski definition) is 4. The van der Waals surface area contributed by atoms with Crippen molar-refractivity contribution in [2.24, 2.45) is 0 Å². The maximum Gasteiger partial charge on any atom is 0.179 e. The minimum absolute atomic E-state index is 0.464. The summed E-state index contributed by atoms with van der Waals surface area (Å²) in [6, 6.07) is 11.2. The molecule has 3 rings (SSSR count). The van der Waals surface area contributed by atoms with Gasteiger partial charge in [0.05, 0.1) is 29.5 Å². The van der Waals surface area contributed by atoms with E-state index in [9.17, 15) is 5.26 Å². The van der Waals surface area contributed by atoms with Crippen molar-refractivity contribution in [2.75, 3.05) is 13.2 Å². The molecule has 0 N–H and O–H groups in total. The van der Waals surface area contributed by atoms with E-state index in [4.69, 9.17) is 21.1 Å². The molecule has 0 unspecified atom stereocenters. The minimum Gasteiger partial charge on any atom is -0.489 e. The molecule has 22 heavy (non-hydrogen) atoms. The first-order chi connectivity index (χ1) is 10.8. The average Bonchev–Trinajstić information content (AvgIpc) is 2.79. The highest BCUT2D eigenvalue weighted by Gasteiger charge is 2.15. The Morgan fingerprint density at radius 1 is 1.27 bits per heavy atom. The second-order valence-electron chi connectivity index (χ2n) is 4.77. The van der Waals surface area contributed by atoms with Gasteiger partial charge in [0, 0.05) is 12.6 Å². The van der Waals surface area contributed by atoms with Crippen LogP contribution in [0.3, 0.4) is 0 Å². The number of nitrogens with zero attached hydrogens (tertiary/aromatic N) is 2. The van der Waals surface area contributed by atoms with E-state index in [0.29, 0.717) is 41.0 Å². The molecule has 2 aromatic rings. The predicted molar refractivity (Wildman–Crippen MR) is 84.8 cm³/mol. The molecule has 0 aliphatic carbocycles. The summed E-state index contributed by atoms with van der Waals surface area (Å²) in [5.74, 6) is 1.17. The van der Waals surface area contributed by atoms with Crippen molar-refractivity contribution < 1.29 is 9.47 Å². The van der Waals surface area contributed by atoms with E-state index in [1.165, 1.54) is 0 Å². The van der Waals surface area contributed by atoms with E-state index in [2.05, 4.69) is 11.1 Å². The van der Waals surface area contributed by atoms with Crippen LogP contribution in [0, 0.1) is 11.3 Å². The van der Waals surface area contributed by atoms with E-state index in [0.717, 1.165) is 12.0 Å². The SMILES string of the molecule is N#CC(=Cc1cc(Cl)c2c(c1)OCCCO2)c1ccccn1. The zero-order valence-corrected chi connectivity index (χ0v) is 12.5. The first-order valence-corrected chi connectivity index (χ1v) is 7.28. The van der Waals surface area contributed by atoms with E-state index in [-0.39, 0.29) is 0 Å². The lowest BCUT2D eigenvalue weighted by Crippen LogP contribution is -1.97. The van der Waals surface area contributed by atoms with Gasteiger partial charge >= 0.3 is 0 Å². The van der Waals surface area contributed by atoms with Gasteiger partial charge in [0.25, 0.3) is 0 Å². The number of hydrogen-bond donors (Lipinski definition) is 0. The lowest BCUT2D eigenvalue weighted by atomic mass is 10.1. The average molecular weight is 313 g/mol. The highest BCUT2D eigenvalue weighted by atomic mass is 35.5. The molecule has 0 bridgehead atoms. The largest absolute Gasteiger partial charge is 0.489 e. The summed E-state index contributed by atoms with van der Waals surface area (Å²) >= 11 is 6.26. The predicted octanol–water partition coefficient (Wildman–Crippen LogP) is 3.96. The number of pyridine rings is 1. The lowest BCUT2D eigenvalue weighted by Gasteiger charge is -2.10. The Hall–Kier alpha value is -2.51. The second-order valence-corrected chi connectivity index (χ2v) is 5.17. The minimum atomic E-state index is 0.464. The van der Waals surface area contributed by atoms with E-state index in [1.54, 1.807) is 24.4 Å². The first-order valence-electron chi connectivity index (χ1n) is 6.90. The van der Waals surface area contributed by atoms with Crippen LogP contribution in [0.5, 0.6) is 11.5 Å². The second kappa shape index (κ2) is 6.50. The molecule has 0 fully saturated rings. The number of ether oxygens (including phenoxy) is 2. The van der Waals surface area contributed by atoms with Crippen LogP contribution in [0.25, 0.3) is 11.6 Å². The zero-order valence-electron chi connectivity index (χ0n) is 11.8. The summed E-state index contributed by atoms with van der Waals surface area (Å²) in [4.78, 5) is 4.19. The van der Waals surface area contributed by atoms with Crippen LogP contribution < -0.4 is 9.47 Å². The van der Waals surface area contributed by atoms with Gasteiger partial charge in [-0.2, -0.15) is 5.26 Å². The maximum atomic E-state index is 9.35. The molecular weight excluding hydrogens is 300 g/mol. The first kappa shape index (κ1) is 14.4. The molecule has 0 radical (unpaired) electrons. The lowest BCUT2D eigenvalue weighted by molar-refractivity contribution is 0.297. The number of halogens is 1. The summed E-state index contributed by atoms with van der Waals surface area (Å²) < 4.78 is 11.2. The van der Waals surface area contributed by atoms with Crippen LogP contribution in [-0.4, -0.2) is 18.2 Å². The topological polar surface area (TPSA) is 55.1 Å². The van der Waals surface area contributed by atoms with Crippen LogP contribution in [0.2, 0.25) is 5.02 Å². The molecule has 1 aromatic carbocycles. The van der Waals surface area contributed by atoms with E-state index in [1.807, 2.05) is 18.2 Å². The normalized spacial score (nSPS) is 14.1. The molecule has 4 nitrogen and oxygen atoms in total. The fourth-order valence-electron chi connectivity index (χ4n) is 2.19.